The summed E-state index contributed by atoms with van der Waals surface area (Å²) in [7, 11) is 0. The molecule has 0 aliphatic carbocycles. The smallest absolute Gasteiger partial charge is 0.331 e. The van der Waals surface area contributed by atoms with Gasteiger partial charge in [-0.3, -0.25) is 9.69 Å². The molecular formula is C21H17NO4S2. The van der Waals surface area contributed by atoms with Crippen LogP contribution in [-0.2, 0) is 9.59 Å². The number of hydrogen-bond donors (Lipinski definition) is 1. The Hall–Kier alpha value is -2.90. The molecular weight excluding hydrogens is 394 g/mol. The maximum absolute atomic E-state index is 13.0. The highest BCUT2D eigenvalue weighted by Crippen LogP contribution is 2.39. The first-order valence-corrected chi connectivity index (χ1v) is 9.63. The predicted molar refractivity (Wildman–Crippen MR) is 114 cm³/mol. The van der Waals surface area contributed by atoms with Gasteiger partial charge in [0.25, 0.3) is 5.91 Å². The van der Waals surface area contributed by atoms with Gasteiger partial charge in [0.2, 0.25) is 0 Å². The Morgan fingerprint density at radius 3 is 2.57 bits per heavy atom. The van der Waals surface area contributed by atoms with Gasteiger partial charge in [-0.15, -0.1) is 0 Å². The molecule has 1 amide bonds. The standard InChI is InChI=1S/C21H17NO4S2/c1-2-12-26-16-11-7-6-10-15(16)13-17-19(23)22(21(27)28-17)18(20(24)25)14-8-4-3-5-9-14/h2-11,13,18H,1,12H2,(H,24,25)/b17-13+. The Labute approximate surface area is 172 Å². The number of hydrogen-bond acceptors (Lipinski definition) is 5. The lowest BCUT2D eigenvalue weighted by Crippen LogP contribution is -2.37. The van der Waals surface area contributed by atoms with Crippen LogP contribution in [0.15, 0.2) is 72.2 Å². The molecule has 1 unspecified atom stereocenters. The first kappa shape index (κ1) is 19.9. The van der Waals surface area contributed by atoms with Gasteiger partial charge >= 0.3 is 5.97 Å². The van der Waals surface area contributed by atoms with E-state index in [-0.39, 0.29) is 4.32 Å². The fourth-order valence-electron chi connectivity index (χ4n) is 2.76. The van der Waals surface area contributed by atoms with Crippen molar-refractivity contribution in [3.05, 3.63) is 83.3 Å². The van der Waals surface area contributed by atoms with Gasteiger partial charge in [-0.1, -0.05) is 85.2 Å². The molecule has 5 nitrogen and oxygen atoms in total. The molecule has 2 aromatic carbocycles. The van der Waals surface area contributed by atoms with E-state index in [0.29, 0.717) is 28.4 Å². The molecule has 7 heteroatoms. The lowest BCUT2D eigenvalue weighted by atomic mass is 10.1. The summed E-state index contributed by atoms with van der Waals surface area (Å²) in [6.45, 7) is 3.96. The van der Waals surface area contributed by atoms with Gasteiger partial charge in [-0.05, 0) is 17.7 Å². The Kier molecular flexibility index (Phi) is 6.28. The second-order valence-electron chi connectivity index (χ2n) is 5.84. The molecule has 1 N–H and O–H groups in total. The monoisotopic (exact) mass is 411 g/mol. The maximum Gasteiger partial charge on any atom is 0.331 e. The number of benzene rings is 2. The minimum atomic E-state index is -1.17. The molecule has 3 rings (SSSR count). The number of nitrogens with zero attached hydrogens (tertiary/aromatic N) is 1. The molecule has 28 heavy (non-hydrogen) atoms. The SMILES string of the molecule is C=CCOc1ccccc1/C=C1/SC(=S)N(C(C(=O)O)c2ccccc2)C1=O. The minimum Gasteiger partial charge on any atom is -0.489 e. The van der Waals surface area contributed by atoms with E-state index in [0.717, 1.165) is 16.7 Å². The van der Waals surface area contributed by atoms with E-state index in [4.69, 9.17) is 17.0 Å². The highest BCUT2D eigenvalue weighted by molar-refractivity contribution is 8.26. The van der Waals surface area contributed by atoms with Crippen molar-refractivity contribution in [2.24, 2.45) is 0 Å². The molecule has 0 spiro atoms. The zero-order chi connectivity index (χ0) is 20.1. The zero-order valence-electron chi connectivity index (χ0n) is 14.8. The van der Waals surface area contributed by atoms with E-state index < -0.39 is 17.9 Å². The molecule has 1 atom stereocenters. The van der Waals surface area contributed by atoms with Crippen LogP contribution < -0.4 is 4.74 Å². The number of carbonyl (C=O) groups is 2. The molecule has 0 radical (unpaired) electrons. The number of thiocarbonyl (C=S) groups is 1. The summed E-state index contributed by atoms with van der Waals surface area (Å²) in [6.07, 6.45) is 3.30. The van der Waals surface area contributed by atoms with E-state index in [1.807, 2.05) is 18.2 Å². The third-order valence-electron chi connectivity index (χ3n) is 3.99. The van der Waals surface area contributed by atoms with Crippen LogP contribution in [0, 0.1) is 0 Å². The summed E-state index contributed by atoms with van der Waals surface area (Å²) in [5, 5.41) is 9.73. The quantitative estimate of drug-likeness (QED) is 0.417. The Morgan fingerprint density at radius 1 is 1.21 bits per heavy atom. The number of amides is 1. The summed E-state index contributed by atoms with van der Waals surface area (Å²) in [5.41, 5.74) is 1.19. The van der Waals surface area contributed by atoms with Gasteiger partial charge in [0.05, 0.1) is 4.91 Å². The van der Waals surface area contributed by atoms with Crippen molar-refractivity contribution < 1.29 is 19.4 Å². The average Bonchev–Trinajstić information content (AvgIpc) is 2.96. The summed E-state index contributed by atoms with van der Waals surface area (Å²) in [4.78, 5) is 26.4. The van der Waals surface area contributed by atoms with Crippen LogP contribution >= 0.6 is 24.0 Å². The number of carboxylic acids is 1. The van der Waals surface area contributed by atoms with Crippen molar-refractivity contribution >= 4 is 46.3 Å². The maximum atomic E-state index is 13.0. The molecule has 142 valence electrons. The van der Waals surface area contributed by atoms with Gasteiger partial charge in [-0.25, -0.2) is 4.79 Å². The number of thioether (sulfide) groups is 1. The molecule has 0 bridgehead atoms. The van der Waals surface area contributed by atoms with Gasteiger partial charge < -0.3 is 9.84 Å². The fourth-order valence-corrected chi connectivity index (χ4v) is 4.06. The highest BCUT2D eigenvalue weighted by atomic mass is 32.2. The lowest BCUT2D eigenvalue weighted by molar-refractivity contribution is -0.145. The van der Waals surface area contributed by atoms with Crippen molar-refractivity contribution in [3.8, 4) is 5.75 Å². The van der Waals surface area contributed by atoms with E-state index in [9.17, 15) is 14.7 Å². The molecule has 1 saturated heterocycles. The summed E-state index contributed by atoms with van der Waals surface area (Å²) < 4.78 is 5.82. The van der Waals surface area contributed by atoms with Crippen molar-refractivity contribution in [1.29, 1.82) is 0 Å². The Morgan fingerprint density at radius 2 is 1.89 bits per heavy atom. The van der Waals surface area contributed by atoms with Gasteiger partial charge in [0, 0.05) is 5.56 Å². The first-order chi connectivity index (χ1) is 13.5. The molecule has 0 aromatic heterocycles. The van der Waals surface area contributed by atoms with Crippen LogP contribution in [0.4, 0.5) is 0 Å². The number of rotatable bonds is 7. The number of ether oxygens (including phenoxy) is 1. The minimum absolute atomic E-state index is 0.206. The van der Waals surface area contributed by atoms with Crippen LogP contribution in [0.25, 0.3) is 6.08 Å². The molecule has 1 heterocycles. The summed E-state index contributed by atoms with van der Waals surface area (Å²) >= 11 is 6.41. The van der Waals surface area contributed by atoms with Gasteiger partial charge in [-0.2, -0.15) is 0 Å². The van der Waals surface area contributed by atoms with E-state index in [1.165, 1.54) is 0 Å². The molecule has 0 saturated carbocycles. The topological polar surface area (TPSA) is 66.8 Å². The average molecular weight is 412 g/mol. The predicted octanol–water partition coefficient (Wildman–Crippen LogP) is 4.28. The van der Waals surface area contributed by atoms with Crippen LogP contribution in [0.3, 0.4) is 0 Å². The Balaban J connectivity index is 1.95. The largest absolute Gasteiger partial charge is 0.489 e. The van der Waals surface area contributed by atoms with Crippen LogP contribution in [-0.4, -0.2) is 32.8 Å². The molecule has 2 aromatic rings. The number of carbonyl (C=O) groups excluding carboxylic acids is 1. The van der Waals surface area contributed by atoms with Crippen molar-refractivity contribution in [1.82, 2.24) is 4.90 Å². The van der Waals surface area contributed by atoms with Crippen molar-refractivity contribution in [2.45, 2.75) is 6.04 Å². The first-order valence-electron chi connectivity index (χ1n) is 8.40. The lowest BCUT2D eigenvalue weighted by Gasteiger charge is -2.23. The highest BCUT2D eigenvalue weighted by Gasteiger charge is 2.41. The van der Waals surface area contributed by atoms with Crippen molar-refractivity contribution in [2.75, 3.05) is 6.61 Å². The van der Waals surface area contributed by atoms with E-state index in [1.54, 1.807) is 48.6 Å². The van der Waals surface area contributed by atoms with Crippen molar-refractivity contribution in [3.63, 3.8) is 0 Å². The van der Waals surface area contributed by atoms with E-state index >= 15 is 0 Å². The number of para-hydroxylation sites is 1. The van der Waals surface area contributed by atoms with Crippen LogP contribution in [0.5, 0.6) is 5.75 Å². The summed E-state index contributed by atoms with van der Waals surface area (Å²) in [6, 6.07) is 14.7. The summed E-state index contributed by atoms with van der Waals surface area (Å²) in [5.74, 6) is -0.978. The second kappa shape index (κ2) is 8.86. The zero-order valence-corrected chi connectivity index (χ0v) is 16.4. The van der Waals surface area contributed by atoms with E-state index in [2.05, 4.69) is 6.58 Å². The molecule has 1 aliphatic heterocycles. The molecule has 1 fully saturated rings. The normalized spacial score (nSPS) is 16.3. The van der Waals surface area contributed by atoms with Gasteiger partial charge in [0.15, 0.2) is 6.04 Å². The molecule has 1 aliphatic rings. The third-order valence-corrected chi connectivity index (χ3v) is 5.32. The van der Waals surface area contributed by atoms with Crippen LogP contribution in [0.2, 0.25) is 0 Å². The van der Waals surface area contributed by atoms with Crippen LogP contribution in [0.1, 0.15) is 17.2 Å². The third kappa shape index (κ3) is 4.16. The fraction of sp³-hybridized carbons (Fsp3) is 0.0952. The Bertz CT molecular complexity index is 956. The second-order valence-corrected chi connectivity index (χ2v) is 7.52. The van der Waals surface area contributed by atoms with Gasteiger partial charge in [0.1, 0.15) is 16.7 Å². The number of aliphatic carboxylic acids is 1. The number of carboxylic acid groups (broad SMARTS) is 1.